The van der Waals surface area contributed by atoms with Crippen molar-refractivity contribution in [3.8, 4) is 17.2 Å². The van der Waals surface area contributed by atoms with Gasteiger partial charge < -0.3 is 14.5 Å². The van der Waals surface area contributed by atoms with Gasteiger partial charge in [-0.1, -0.05) is 36.0 Å². The number of halogens is 1. The summed E-state index contributed by atoms with van der Waals surface area (Å²) in [6.45, 7) is 0.454. The van der Waals surface area contributed by atoms with Crippen LogP contribution in [0, 0.1) is 0 Å². The van der Waals surface area contributed by atoms with Crippen LogP contribution in [0.5, 0.6) is 5.75 Å². The fourth-order valence-electron chi connectivity index (χ4n) is 2.13. The molecule has 0 spiro atoms. The molecule has 6 nitrogen and oxygen atoms in total. The maximum Gasteiger partial charge on any atom is 0.277 e. The van der Waals surface area contributed by atoms with Crippen molar-refractivity contribution in [1.82, 2.24) is 15.5 Å². The van der Waals surface area contributed by atoms with Crippen molar-refractivity contribution in [3.05, 3.63) is 58.6 Å². The van der Waals surface area contributed by atoms with Crippen LogP contribution in [0.2, 0.25) is 0 Å². The lowest BCUT2D eigenvalue weighted by atomic mass is 10.2. The summed E-state index contributed by atoms with van der Waals surface area (Å²) in [4.78, 5) is 12.0. The molecule has 1 amide bonds. The van der Waals surface area contributed by atoms with E-state index in [0.29, 0.717) is 17.7 Å². The van der Waals surface area contributed by atoms with Crippen LogP contribution in [-0.4, -0.2) is 29.0 Å². The Morgan fingerprint density at radius 1 is 1.19 bits per heavy atom. The largest absolute Gasteiger partial charge is 0.497 e. The number of hydrogen-bond donors (Lipinski definition) is 1. The third-order valence-corrected chi connectivity index (χ3v) is 5.00. The number of methoxy groups -OCH3 is 1. The number of nitrogens with one attached hydrogen (secondary N) is 1. The fraction of sp³-hybridized carbons (Fsp3) is 0.167. The molecular formula is C18H16BrN3O3S. The van der Waals surface area contributed by atoms with Gasteiger partial charge >= 0.3 is 0 Å². The third kappa shape index (κ3) is 4.86. The molecule has 1 N–H and O–H groups in total. The molecule has 1 aromatic heterocycles. The predicted octanol–water partition coefficient (Wildman–Crippen LogP) is 3.92. The molecule has 0 saturated heterocycles. The Bertz CT molecular complexity index is 883. The Morgan fingerprint density at radius 3 is 2.69 bits per heavy atom. The molecule has 1 heterocycles. The molecule has 8 heteroatoms. The normalized spacial score (nSPS) is 10.5. The molecule has 3 rings (SSSR count). The summed E-state index contributed by atoms with van der Waals surface area (Å²) in [5.74, 6) is 1.30. The van der Waals surface area contributed by atoms with Crippen molar-refractivity contribution >= 4 is 33.6 Å². The molecule has 0 unspecified atom stereocenters. The molecule has 0 aliphatic heterocycles. The Hall–Kier alpha value is -2.32. The van der Waals surface area contributed by atoms with Crippen LogP contribution in [0.15, 0.2) is 62.6 Å². The highest BCUT2D eigenvalue weighted by Crippen LogP contribution is 2.28. The first-order valence-corrected chi connectivity index (χ1v) is 9.54. The maximum absolute atomic E-state index is 12.0. The average Bonchev–Trinajstić information content (AvgIpc) is 3.14. The standard InChI is InChI=1S/C18H16BrN3O3S/c1-24-13-8-6-12(7-9-13)10-20-16(23)11-26-18-22-21-17(25-18)14-4-2-3-5-15(14)19/h2-9H,10-11H2,1H3,(H,20,23). The zero-order valence-corrected chi connectivity index (χ0v) is 16.3. The number of ether oxygens (including phenoxy) is 1. The molecule has 2 aromatic carbocycles. The predicted molar refractivity (Wildman–Crippen MR) is 103 cm³/mol. The molecular weight excluding hydrogens is 418 g/mol. The van der Waals surface area contributed by atoms with Gasteiger partial charge in [0, 0.05) is 11.0 Å². The summed E-state index contributed by atoms with van der Waals surface area (Å²) in [5, 5.41) is 11.2. The van der Waals surface area contributed by atoms with E-state index < -0.39 is 0 Å². The molecule has 0 fully saturated rings. The van der Waals surface area contributed by atoms with Crippen molar-refractivity contribution in [2.24, 2.45) is 0 Å². The van der Waals surface area contributed by atoms with Crippen LogP contribution in [0.4, 0.5) is 0 Å². The van der Waals surface area contributed by atoms with Crippen LogP contribution < -0.4 is 10.1 Å². The maximum atomic E-state index is 12.0. The van der Waals surface area contributed by atoms with Crippen LogP contribution in [0.1, 0.15) is 5.56 Å². The van der Waals surface area contributed by atoms with E-state index in [-0.39, 0.29) is 11.7 Å². The van der Waals surface area contributed by atoms with Gasteiger partial charge in [0.15, 0.2) is 0 Å². The second-order valence-corrected chi connectivity index (χ2v) is 7.05. The summed E-state index contributed by atoms with van der Waals surface area (Å²) in [5.41, 5.74) is 1.81. The number of nitrogens with zero attached hydrogens (tertiary/aromatic N) is 2. The van der Waals surface area contributed by atoms with Gasteiger partial charge in [0.05, 0.1) is 18.4 Å². The highest BCUT2D eigenvalue weighted by molar-refractivity contribution is 9.10. The highest BCUT2D eigenvalue weighted by Gasteiger charge is 2.13. The van der Waals surface area contributed by atoms with Gasteiger partial charge in [-0.05, 0) is 45.8 Å². The topological polar surface area (TPSA) is 77.2 Å². The molecule has 0 bridgehead atoms. The lowest BCUT2D eigenvalue weighted by molar-refractivity contribution is -0.118. The summed E-state index contributed by atoms with van der Waals surface area (Å²) in [6.07, 6.45) is 0. The van der Waals surface area contributed by atoms with Crippen LogP contribution in [0.3, 0.4) is 0 Å². The molecule has 0 radical (unpaired) electrons. The lowest BCUT2D eigenvalue weighted by Crippen LogP contribution is -2.24. The minimum atomic E-state index is -0.105. The smallest absolute Gasteiger partial charge is 0.277 e. The number of carbonyl (C=O) groups excluding carboxylic acids is 1. The van der Waals surface area contributed by atoms with Crippen LogP contribution >= 0.6 is 27.7 Å². The van der Waals surface area contributed by atoms with Gasteiger partial charge in [-0.2, -0.15) is 0 Å². The van der Waals surface area contributed by atoms with E-state index in [1.54, 1.807) is 7.11 Å². The molecule has 0 aliphatic carbocycles. The number of aromatic nitrogens is 2. The minimum absolute atomic E-state index is 0.105. The van der Waals surface area contributed by atoms with Gasteiger partial charge in [0.1, 0.15) is 5.75 Å². The molecule has 0 saturated carbocycles. The zero-order valence-electron chi connectivity index (χ0n) is 13.9. The van der Waals surface area contributed by atoms with Crippen molar-refractivity contribution in [2.45, 2.75) is 11.8 Å². The second kappa shape index (κ2) is 8.86. The molecule has 0 atom stereocenters. The van der Waals surface area contributed by atoms with Crippen molar-refractivity contribution in [2.75, 3.05) is 12.9 Å². The third-order valence-electron chi connectivity index (χ3n) is 3.49. The van der Waals surface area contributed by atoms with Crippen molar-refractivity contribution < 1.29 is 13.9 Å². The Morgan fingerprint density at radius 2 is 1.96 bits per heavy atom. The molecule has 26 heavy (non-hydrogen) atoms. The summed E-state index contributed by atoms with van der Waals surface area (Å²) in [6, 6.07) is 15.1. The lowest BCUT2D eigenvalue weighted by Gasteiger charge is -2.05. The van der Waals surface area contributed by atoms with Crippen LogP contribution in [-0.2, 0) is 11.3 Å². The highest BCUT2D eigenvalue weighted by atomic mass is 79.9. The van der Waals surface area contributed by atoms with E-state index in [1.807, 2.05) is 48.5 Å². The number of carbonyl (C=O) groups is 1. The molecule has 3 aromatic rings. The van der Waals surface area contributed by atoms with E-state index in [4.69, 9.17) is 9.15 Å². The second-order valence-electron chi connectivity index (χ2n) is 5.27. The van der Waals surface area contributed by atoms with Crippen molar-refractivity contribution in [3.63, 3.8) is 0 Å². The van der Waals surface area contributed by atoms with E-state index in [2.05, 4.69) is 31.4 Å². The number of hydrogen-bond acceptors (Lipinski definition) is 6. The van der Waals surface area contributed by atoms with E-state index in [9.17, 15) is 4.79 Å². The molecule has 0 aliphatic rings. The van der Waals surface area contributed by atoms with Gasteiger partial charge in [0.2, 0.25) is 11.8 Å². The summed E-state index contributed by atoms with van der Waals surface area (Å²) >= 11 is 4.65. The quantitative estimate of drug-likeness (QED) is 0.569. The first-order chi connectivity index (χ1) is 12.7. The number of rotatable bonds is 7. The van der Waals surface area contributed by atoms with E-state index >= 15 is 0 Å². The van der Waals surface area contributed by atoms with E-state index in [0.717, 1.165) is 21.3 Å². The number of thioether (sulfide) groups is 1. The van der Waals surface area contributed by atoms with Gasteiger partial charge in [-0.25, -0.2) is 0 Å². The number of benzene rings is 2. The molecule has 134 valence electrons. The van der Waals surface area contributed by atoms with Gasteiger partial charge in [0.25, 0.3) is 5.22 Å². The Balaban J connectivity index is 1.49. The Kier molecular flexibility index (Phi) is 6.30. The fourth-order valence-corrected chi connectivity index (χ4v) is 3.18. The summed E-state index contributed by atoms with van der Waals surface area (Å²) in [7, 11) is 1.62. The first-order valence-electron chi connectivity index (χ1n) is 7.76. The SMILES string of the molecule is COc1ccc(CNC(=O)CSc2nnc(-c3ccccc3Br)o2)cc1. The zero-order chi connectivity index (χ0) is 18.4. The average molecular weight is 434 g/mol. The van der Waals surface area contributed by atoms with Crippen LogP contribution in [0.25, 0.3) is 11.5 Å². The van der Waals surface area contributed by atoms with Crippen molar-refractivity contribution in [1.29, 1.82) is 0 Å². The van der Waals surface area contributed by atoms with Gasteiger partial charge in [-0.15, -0.1) is 10.2 Å². The minimum Gasteiger partial charge on any atom is -0.497 e. The summed E-state index contributed by atoms with van der Waals surface area (Å²) < 4.78 is 11.6. The first kappa shape index (κ1) is 18.5. The Labute approximate surface area is 163 Å². The monoisotopic (exact) mass is 433 g/mol. The van der Waals surface area contributed by atoms with Gasteiger partial charge in [-0.3, -0.25) is 4.79 Å². The number of amides is 1. The van der Waals surface area contributed by atoms with E-state index in [1.165, 1.54) is 11.8 Å².